The molecule has 0 aromatic rings. The Labute approximate surface area is 207 Å². The topological polar surface area (TPSA) is 51.5 Å². The normalized spacial score (nSPS) is 13.7. The van der Waals surface area contributed by atoms with Crippen LogP contribution >= 0.6 is 0 Å². The van der Waals surface area contributed by atoms with Crippen LogP contribution in [0.15, 0.2) is 0 Å². The smallest absolute Gasteiger partial charge is 0.288 e. The third kappa shape index (κ3) is 13.1. The average molecular weight is 468 g/mol. The molecule has 0 aliphatic rings. The number of nitrogens with zero attached hydrogens (tertiary/aromatic N) is 1. The van der Waals surface area contributed by atoms with Crippen LogP contribution in [0.25, 0.3) is 0 Å². The summed E-state index contributed by atoms with van der Waals surface area (Å²) in [5, 5.41) is 9.49. The van der Waals surface area contributed by atoms with E-state index in [1.54, 1.807) is 0 Å². The van der Waals surface area contributed by atoms with Gasteiger partial charge in [0.25, 0.3) is 5.97 Å². The van der Waals surface area contributed by atoms with Gasteiger partial charge in [0, 0.05) is 26.2 Å². The monoisotopic (exact) mass is 467 g/mol. The number of ether oxygens (including phenoxy) is 3. The first kappa shape index (κ1) is 32.4. The van der Waals surface area contributed by atoms with Gasteiger partial charge >= 0.3 is 0 Å². The molecule has 196 valence electrons. The third-order valence-electron chi connectivity index (χ3n) is 6.89. The second kappa shape index (κ2) is 21.9. The molecule has 0 rings (SSSR count). The van der Waals surface area contributed by atoms with Gasteiger partial charge in [-0.3, -0.25) is 0 Å². The quantitative estimate of drug-likeness (QED) is 0.0991. The fourth-order valence-corrected chi connectivity index (χ4v) is 5.12. The van der Waals surface area contributed by atoms with Gasteiger partial charge < -0.3 is 14.2 Å². The summed E-state index contributed by atoms with van der Waals surface area (Å²) in [6.07, 6.45) is 21.2. The van der Waals surface area contributed by atoms with Crippen molar-refractivity contribution < 1.29 is 14.2 Å². The van der Waals surface area contributed by atoms with Crippen LogP contribution in [-0.2, 0) is 14.2 Å². The van der Waals surface area contributed by atoms with Crippen molar-refractivity contribution in [2.75, 3.05) is 19.8 Å². The molecule has 0 spiro atoms. The predicted molar refractivity (Wildman–Crippen MR) is 140 cm³/mol. The molecule has 0 amide bonds. The molecule has 1 atom stereocenters. The Morgan fingerprint density at radius 2 is 0.879 bits per heavy atom. The van der Waals surface area contributed by atoms with Crippen molar-refractivity contribution in [2.24, 2.45) is 5.41 Å². The summed E-state index contributed by atoms with van der Waals surface area (Å²) in [6, 6.07) is 2.40. The maximum absolute atomic E-state index is 9.49. The molecule has 4 heteroatoms. The summed E-state index contributed by atoms with van der Waals surface area (Å²) in [4.78, 5) is 0. The van der Waals surface area contributed by atoms with Gasteiger partial charge in [-0.05, 0) is 40.0 Å². The number of unbranched alkanes of at least 4 members (excludes halogenated alkanes) is 12. The summed E-state index contributed by atoms with van der Waals surface area (Å²) in [5.74, 6) is -1.05. The summed E-state index contributed by atoms with van der Waals surface area (Å²) < 4.78 is 19.0. The molecule has 0 aromatic heterocycles. The molecular weight excluding hydrogens is 410 g/mol. The number of hydrogen-bond donors (Lipinski definition) is 0. The van der Waals surface area contributed by atoms with Crippen molar-refractivity contribution in [1.82, 2.24) is 0 Å². The zero-order chi connectivity index (χ0) is 24.7. The molecule has 0 aliphatic heterocycles. The average Bonchev–Trinajstić information content (AvgIpc) is 2.81. The van der Waals surface area contributed by atoms with E-state index < -0.39 is 5.97 Å². The van der Waals surface area contributed by atoms with Gasteiger partial charge in [0.05, 0.1) is 11.5 Å². The molecule has 0 fully saturated rings. The van der Waals surface area contributed by atoms with Crippen molar-refractivity contribution in [3.8, 4) is 6.07 Å². The molecular formula is C29H57NO3. The van der Waals surface area contributed by atoms with Crippen molar-refractivity contribution in [3.05, 3.63) is 0 Å². The molecule has 1 unspecified atom stereocenters. The molecule has 0 saturated carbocycles. The van der Waals surface area contributed by atoms with E-state index in [2.05, 4.69) is 19.9 Å². The third-order valence-corrected chi connectivity index (χ3v) is 6.89. The molecule has 0 radical (unpaired) electrons. The summed E-state index contributed by atoms with van der Waals surface area (Å²) in [5.41, 5.74) is -0.280. The van der Waals surface area contributed by atoms with Crippen molar-refractivity contribution >= 4 is 0 Å². The van der Waals surface area contributed by atoms with Crippen molar-refractivity contribution in [3.63, 3.8) is 0 Å². The molecule has 0 N–H and O–H groups in total. The van der Waals surface area contributed by atoms with E-state index >= 15 is 0 Å². The number of rotatable bonds is 25. The van der Waals surface area contributed by atoms with E-state index in [0.717, 1.165) is 32.1 Å². The summed E-state index contributed by atoms with van der Waals surface area (Å²) >= 11 is 0. The lowest BCUT2D eigenvalue weighted by Gasteiger charge is -2.49. The Bertz CT molecular complexity index is 445. The number of hydrogen-bond acceptors (Lipinski definition) is 4. The maximum Gasteiger partial charge on any atom is 0.288 e. The molecule has 0 aliphatic carbocycles. The van der Waals surface area contributed by atoms with E-state index in [-0.39, 0.29) is 5.41 Å². The minimum Gasteiger partial charge on any atom is -0.327 e. The number of nitriles is 1. The fourth-order valence-electron chi connectivity index (χ4n) is 5.12. The van der Waals surface area contributed by atoms with Crippen LogP contribution in [0.5, 0.6) is 0 Å². The molecule has 0 saturated heterocycles. The van der Waals surface area contributed by atoms with Crippen molar-refractivity contribution in [2.45, 2.75) is 156 Å². The molecule has 0 bridgehead atoms. The van der Waals surface area contributed by atoms with Gasteiger partial charge in [-0.2, -0.15) is 5.26 Å². The van der Waals surface area contributed by atoms with Crippen LogP contribution in [0.1, 0.15) is 150 Å². The standard InChI is InChI=1S/C29H57NO3/c1-6-11-13-15-17-18-20-22-25-28(26-23-27-30,24-21-19-16-14-12-7-2)29(31-8-3,32-9-4)33-10-5/h6-26H2,1-5H3. The Morgan fingerprint density at radius 1 is 0.515 bits per heavy atom. The summed E-state index contributed by atoms with van der Waals surface area (Å²) in [7, 11) is 0. The molecule has 33 heavy (non-hydrogen) atoms. The van der Waals surface area contributed by atoms with Gasteiger partial charge in [-0.1, -0.05) is 104 Å². The SMILES string of the molecule is CCCCCCCCCCC(CCC#N)(CCCCCCCC)C(OCC)(OCC)OCC. The van der Waals surface area contributed by atoms with Crippen LogP contribution in [0.3, 0.4) is 0 Å². The van der Waals surface area contributed by atoms with Crippen LogP contribution in [0.4, 0.5) is 0 Å². The Kier molecular flexibility index (Phi) is 21.5. The van der Waals surface area contributed by atoms with Gasteiger partial charge in [-0.15, -0.1) is 0 Å². The highest BCUT2D eigenvalue weighted by Gasteiger charge is 2.53. The lowest BCUT2D eigenvalue weighted by atomic mass is 9.71. The van der Waals surface area contributed by atoms with Gasteiger partial charge in [0.15, 0.2) is 0 Å². The van der Waals surface area contributed by atoms with E-state index in [4.69, 9.17) is 14.2 Å². The first-order valence-corrected chi connectivity index (χ1v) is 14.4. The zero-order valence-electron chi connectivity index (χ0n) is 23.0. The second-order valence-corrected chi connectivity index (χ2v) is 9.54. The lowest BCUT2D eigenvalue weighted by molar-refractivity contribution is -0.431. The van der Waals surface area contributed by atoms with E-state index in [1.807, 2.05) is 20.8 Å². The van der Waals surface area contributed by atoms with E-state index in [9.17, 15) is 5.26 Å². The Balaban J connectivity index is 5.43. The lowest BCUT2D eigenvalue weighted by Crippen LogP contribution is -2.55. The van der Waals surface area contributed by atoms with Gasteiger partial charge in [0.2, 0.25) is 0 Å². The second-order valence-electron chi connectivity index (χ2n) is 9.54. The van der Waals surface area contributed by atoms with Crippen LogP contribution in [-0.4, -0.2) is 25.8 Å². The molecule has 0 aromatic carbocycles. The van der Waals surface area contributed by atoms with Gasteiger partial charge in [0.1, 0.15) is 0 Å². The van der Waals surface area contributed by atoms with Crippen LogP contribution in [0, 0.1) is 16.7 Å². The Morgan fingerprint density at radius 3 is 1.21 bits per heavy atom. The first-order valence-electron chi connectivity index (χ1n) is 14.4. The van der Waals surface area contributed by atoms with Crippen LogP contribution in [0.2, 0.25) is 0 Å². The first-order chi connectivity index (χ1) is 16.1. The maximum atomic E-state index is 9.49. The van der Waals surface area contributed by atoms with Crippen LogP contribution < -0.4 is 0 Å². The largest absolute Gasteiger partial charge is 0.327 e. The highest BCUT2D eigenvalue weighted by Crippen LogP contribution is 2.49. The summed E-state index contributed by atoms with van der Waals surface area (Å²) in [6.45, 7) is 12.2. The molecule has 4 nitrogen and oxygen atoms in total. The van der Waals surface area contributed by atoms with E-state index in [1.165, 1.54) is 77.0 Å². The van der Waals surface area contributed by atoms with Crippen molar-refractivity contribution in [1.29, 1.82) is 5.26 Å². The minimum atomic E-state index is -1.05. The highest BCUT2D eigenvalue weighted by molar-refractivity contribution is 4.92. The zero-order valence-corrected chi connectivity index (χ0v) is 23.0. The Hall–Kier alpha value is -0.630. The minimum absolute atomic E-state index is 0.280. The highest BCUT2D eigenvalue weighted by atomic mass is 16.9. The van der Waals surface area contributed by atoms with Gasteiger partial charge in [-0.25, -0.2) is 0 Å². The van der Waals surface area contributed by atoms with E-state index in [0.29, 0.717) is 26.2 Å². The predicted octanol–water partition coefficient (Wildman–Crippen LogP) is 9.32. The molecule has 0 heterocycles. The fraction of sp³-hybridized carbons (Fsp3) is 0.966.